The molecule has 104 valence electrons. The summed E-state index contributed by atoms with van der Waals surface area (Å²) in [5, 5.41) is 0. The fraction of sp³-hybridized carbons (Fsp3) is 0.0667. The molecule has 0 aliphatic rings. The monoisotopic (exact) mass is 351 g/mol. The van der Waals surface area contributed by atoms with Crippen molar-refractivity contribution in [3.05, 3.63) is 64.6 Å². The Bertz CT molecular complexity index is 737. The Morgan fingerprint density at radius 2 is 1.80 bits per heavy atom. The zero-order chi connectivity index (χ0) is 14.8. The number of anilines is 1. The van der Waals surface area contributed by atoms with Crippen LogP contribution in [0, 0.1) is 6.92 Å². The van der Waals surface area contributed by atoms with E-state index in [4.69, 9.17) is 0 Å². The molecule has 20 heavy (non-hydrogen) atoms. The largest absolute Gasteiger partial charge is 0.279 e. The molecule has 0 amide bonds. The van der Waals surface area contributed by atoms with Crippen molar-refractivity contribution in [3.63, 3.8) is 0 Å². The predicted molar refractivity (Wildman–Crippen MR) is 86.2 cm³/mol. The van der Waals surface area contributed by atoms with Gasteiger partial charge in [0, 0.05) is 10.0 Å². The van der Waals surface area contributed by atoms with Crippen molar-refractivity contribution in [2.75, 3.05) is 4.72 Å². The third-order valence-electron chi connectivity index (χ3n) is 2.83. The van der Waals surface area contributed by atoms with Gasteiger partial charge in [-0.15, -0.1) is 0 Å². The normalized spacial score (nSPS) is 11.1. The fourth-order valence-electron chi connectivity index (χ4n) is 1.75. The van der Waals surface area contributed by atoms with Crippen LogP contribution in [0.15, 0.2) is 58.4 Å². The van der Waals surface area contributed by atoms with E-state index in [1.807, 2.05) is 13.0 Å². The summed E-state index contributed by atoms with van der Waals surface area (Å²) in [4.78, 5) is 0.234. The molecule has 3 nitrogen and oxygen atoms in total. The van der Waals surface area contributed by atoms with E-state index in [1.165, 1.54) is 0 Å². The molecule has 0 spiro atoms. The van der Waals surface area contributed by atoms with E-state index in [-0.39, 0.29) is 4.90 Å². The number of hydrogen-bond donors (Lipinski definition) is 1. The molecule has 0 fully saturated rings. The van der Waals surface area contributed by atoms with Gasteiger partial charge in [0.05, 0.1) is 10.6 Å². The van der Waals surface area contributed by atoms with Crippen molar-refractivity contribution in [1.82, 2.24) is 0 Å². The third-order valence-corrected chi connectivity index (χ3v) is 4.91. The summed E-state index contributed by atoms with van der Waals surface area (Å²) in [6.45, 7) is 5.61. The Kier molecular flexibility index (Phi) is 4.30. The Morgan fingerprint density at radius 1 is 1.15 bits per heavy atom. The molecule has 2 aromatic carbocycles. The van der Waals surface area contributed by atoms with E-state index in [0.29, 0.717) is 11.3 Å². The lowest BCUT2D eigenvalue weighted by molar-refractivity contribution is 0.601. The average molecular weight is 352 g/mol. The number of sulfonamides is 1. The minimum Gasteiger partial charge on any atom is -0.279 e. The van der Waals surface area contributed by atoms with Crippen molar-refractivity contribution in [2.24, 2.45) is 0 Å². The predicted octanol–water partition coefficient (Wildman–Crippen LogP) is 4.20. The first-order valence-corrected chi connectivity index (χ1v) is 8.22. The zero-order valence-corrected chi connectivity index (χ0v) is 13.3. The molecule has 0 radical (unpaired) electrons. The van der Waals surface area contributed by atoms with Crippen LogP contribution in [0.4, 0.5) is 5.69 Å². The Labute approximate surface area is 127 Å². The van der Waals surface area contributed by atoms with E-state index in [1.54, 1.807) is 42.5 Å². The quantitative estimate of drug-likeness (QED) is 0.896. The summed E-state index contributed by atoms with van der Waals surface area (Å²) in [6.07, 6.45) is 1.61. The molecule has 0 bridgehead atoms. The molecule has 0 heterocycles. The first-order valence-electron chi connectivity index (χ1n) is 5.94. The minimum atomic E-state index is -3.60. The summed E-state index contributed by atoms with van der Waals surface area (Å²) in [5.74, 6) is 0. The molecule has 0 aliphatic heterocycles. The standard InChI is InChI=1S/C15H14BrNO2S/c1-3-13-14(16)5-4-6-15(13)17-20(18,19)12-9-7-11(2)8-10-12/h3-10,17H,1H2,2H3. The van der Waals surface area contributed by atoms with E-state index >= 15 is 0 Å². The van der Waals surface area contributed by atoms with Gasteiger partial charge in [0.15, 0.2) is 0 Å². The number of benzene rings is 2. The summed E-state index contributed by atoms with van der Waals surface area (Å²) in [5.41, 5.74) is 2.22. The van der Waals surface area contributed by atoms with Crippen molar-refractivity contribution in [3.8, 4) is 0 Å². The smallest absolute Gasteiger partial charge is 0.261 e. The molecule has 2 rings (SSSR count). The van der Waals surface area contributed by atoms with Crippen LogP contribution in [0.25, 0.3) is 6.08 Å². The lowest BCUT2D eigenvalue weighted by Gasteiger charge is -2.12. The van der Waals surface area contributed by atoms with Gasteiger partial charge < -0.3 is 0 Å². The van der Waals surface area contributed by atoms with Crippen LogP contribution in [0.3, 0.4) is 0 Å². The van der Waals surface area contributed by atoms with Gasteiger partial charge in [0.2, 0.25) is 0 Å². The SMILES string of the molecule is C=Cc1c(Br)cccc1NS(=O)(=O)c1ccc(C)cc1. The van der Waals surface area contributed by atoms with Gasteiger partial charge in [-0.1, -0.05) is 52.3 Å². The van der Waals surface area contributed by atoms with Crippen molar-refractivity contribution < 1.29 is 8.42 Å². The molecule has 0 atom stereocenters. The van der Waals surface area contributed by atoms with E-state index in [2.05, 4.69) is 27.2 Å². The van der Waals surface area contributed by atoms with Crippen LogP contribution in [-0.4, -0.2) is 8.42 Å². The highest BCUT2D eigenvalue weighted by Crippen LogP contribution is 2.27. The van der Waals surface area contributed by atoms with Gasteiger partial charge >= 0.3 is 0 Å². The third kappa shape index (κ3) is 3.11. The van der Waals surface area contributed by atoms with Gasteiger partial charge in [-0.25, -0.2) is 8.42 Å². The van der Waals surface area contributed by atoms with Gasteiger partial charge in [0.25, 0.3) is 10.0 Å². The highest BCUT2D eigenvalue weighted by molar-refractivity contribution is 9.10. The lowest BCUT2D eigenvalue weighted by Crippen LogP contribution is -2.13. The topological polar surface area (TPSA) is 46.2 Å². The second-order valence-electron chi connectivity index (χ2n) is 4.32. The molecular formula is C15H14BrNO2S. The van der Waals surface area contributed by atoms with Crippen LogP contribution in [0.2, 0.25) is 0 Å². The molecule has 0 unspecified atom stereocenters. The summed E-state index contributed by atoms with van der Waals surface area (Å²) >= 11 is 3.37. The van der Waals surface area contributed by atoms with E-state index < -0.39 is 10.0 Å². The lowest BCUT2D eigenvalue weighted by atomic mass is 10.2. The van der Waals surface area contributed by atoms with Gasteiger partial charge in [-0.2, -0.15) is 0 Å². The average Bonchev–Trinajstić information content (AvgIpc) is 2.39. The molecule has 2 aromatic rings. The second-order valence-corrected chi connectivity index (χ2v) is 6.86. The summed E-state index contributed by atoms with van der Waals surface area (Å²) in [7, 11) is -3.60. The van der Waals surface area contributed by atoms with Gasteiger partial charge in [0.1, 0.15) is 0 Å². The summed E-state index contributed by atoms with van der Waals surface area (Å²) in [6, 6.07) is 12.0. The molecule has 0 aliphatic carbocycles. The Balaban J connectivity index is 2.41. The highest BCUT2D eigenvalue weighted by atomic mass is 79.9. The Hall–Kier alpha value is -1.59. The number of hydrogen-bond acceptors (Lipinski definition) is 2. The molecule has 1 N–H and O–H groups in total. The molecule has 5 heteroatoms. The highest BCUT2D eigenvalue weighted by Gasteiger charge is 2.15. The molecule has 0 saturated carbocycles. The maximum Gasteiger partial charge on any atom is 0.261 e. The zero-order valence-electron chi connectivity index (χ0n) is 10.9. The maximum atomic E-state index is 12.3. The first-order chi connectivity index (χ1) is 9.44. The second kappa shape index (κ2) is 5.81. The Morgan fingerprint density at radius 3 is 2.40 bits per heavy atom. The van der Waals surface area contributed by atoms with Crippen molar-refractivity contribution >= 4 is 37.7 Å². The molecular weight excluding hydrogens is 338 g/mol. The van der Waals surface area contributed by atoms with Gasteiger partial charge in [-0.3, -0.25) is 4.72 Å². The minimum absolute atomic E-state index is 0.234. The fourth-order valence-corrected chi connectivity index (χ4v) is 3.36. The number of halogens is 1. The van der Waals surface area contributed by atoms with Crippen LogP contribution in [0.1, 0.15) is 11.1 Å². The number of nitrogens with one attached hydrogen (secondary N) is 1. The molecule has 0 saturated heterocycles. The van der Waals surface area contributed by atoms with Crippen LogP contribution < -0.4 is 4.72 Å². The van der Waals surface area contributed by atoms with Crippen molar-refractivity contribution in [1.29, 1.82) is 0 Å². The number of rotatable bonds is 4. The van der Waals surface area contributed by atoms with Gasteiger partial charge in [-0.05, 0) is 31.2 Å². The maximum absolute atomic E-state index is 12.3. The van der Waals surface area contributed by atoms with Crippen molar-refractivity contribution in [2.45, 2.75) is 11.8 Å². The van der Waals surface area contributed by atoms with E-state index in [9.17, 15) is 8.42 Å². The molecule has 0 aromatic heterocycles. The summed E-state index contributed by atoms with van der Waals surface area (Å²) < 4.78 is 28.0. The first kappa shape index (κ1) is 14.8. The van der Waals surface area contributed by atoms with Crippen LogP contribution in [-0.2, 0) is 10.0 Å². The number of aryl methyl sites for hydroxylation is 1. The van der Waals surface area contributed by atoms with E-state index in [0.717, 1.165) is 10.0 Å². The van der Waals surface area contributed by atoms with Crippen LogP contribution >= 0.6 is 15.9 Å². The van der Waals surface area contributed by atoms with Crippen LogP contribution in [0.5, 0.6) is 0 Å².